The van der Waals surface area contributed by atoms with E-state index in [4.69, 9.17) is 0 Å². The molecule has 1 heterocycles. The lowest BCUT2D eigenvalue weighted by atomic mass is 10.2. The maximum atomic E-state index is 11.6. The first kappa shape index (κ1) is 11.0. The first-order chi connectivity index (χ1) is 8.36. The van der Waals surface area contributed by atoms with Crippen LogP contribution >= 0.6 is 0 Å². The molecule has 0 aliphatic rings. The summed E-state index contributed by atoms with van der Waals surface area (Å²) in [4.78, 5) is 15.4. The molecule has 1 aromatic carbocycles. The molecule has 0 saturated carbocycles. The number of rotatable bonds is 3. The topological polar surface area (TPSA) is 54.4 Å². The van der Waals surface area contributed by atoms with Crippen molar-refractivity contribution in [1.82, 2.24) is 10.4 Å². The Balaban J connectivity index is 1.95. The van der Waals surface area contributed by atoms with Crippen molar-refractivity contribution >= 4 is 12.1 Å². The second kappa shape index (κ2) is 5.55. The van der Waals surface area contributed by atoms with E-state index in [1.807, 2.05) is 30.3 Å². The van der Waals surface area contributed by atoms with Crippen LogP contribution in [0.1, 0.15) is 15.9 Å². The van der Waals surface area contributed by atoms with Crippen LogP contribution in [-0.4, -0.2) is 17.1 Å². The Morgan fingerprint density at radius 2 is 1.82 bits per heavy atom. The van der Waals surface area contributed by atoms with Crippen molar-refractivity contribution in [3.63, 3.8) is 0 Å². The van der Waals surface area contributed by atoms with Crippen molar-refractivity contribution < 1.29 is 4.79 Å². The molecule has 0 fully saturated rings. The summed E-state index contributed by atoms with van der Waals surface area (Å²) in [5.41, 5.74) is 3.92. The summed E-state index contributed by atoms with van der Waals surface area (Å²) in [6, 6.07) is 12.8. The Morgan fingerprint density at radius 3 is 2.53 bits per heavy atom. The Kier molecular flexibility index (Phi) is 3.60. The summed E-state index contributed by atoms with van der Waals surface area (Å²) in [5, 5.41) is 3.87. The van der Waals surface area contributed by atoms with Crippen molar-refractivity contribution in [2.24, 2.45) is 5.10 Å². The molecule has 84 valence electrons. The van der Waals surface area contributed by atoms with Crippen molar-refractivity contribution in [3.8, 4) is 0 Å². The molecule has 0 aliphatic carbocycles. The number of nitrogens with one attached hydrogen (secondary N) is 1. The second-order valence-electron chi connectivity index (χ2n) is 3.35. The minimum absolute atomic E-state index is 0.250. The molecule has 0 radical (unpaired) electrons. The lowest BCUT2D eigenvalue weighted by Gasteiger charge is -1.98. The number of amides is 1. The van der Waals surface area contributed by atoms with Crippen LogP contribution in [0.3, 0.4) is 0 Å². The van der Waals surface area contributed by atoms with Crippen LogP contribution in [0.2, 0.25) is 0 Å². The van der Waals surface area contributed by atoms with Crippen LogP contribution < -0.4 is 5.43 Å². The lowest BCUT2D eigenvalue weighted by Crippen LogP contribution is -2.17. The fourth-order valence-corrected chi connectivity index (χ4v) is 1.27. The molecule has 1 aromatic heterocycles. The van der Waals surface area contributed by atoms with E-state index in [0.717, 1.165) is 5.56 Å². The number of hydrogen-bond acceptors (Lipinski definition) is 3. The van der Waals surface area contributed by atoms with Gasteiger partial charge < -0.3 is 0 Å². The van der Waals surface area contributed by atoms with Crippen LogP contribution in [0.15, 0.2) is 60.0 Å². The molecule has 4 heteroatoms. The first-order valence-corrected chi connectivity index (χ1v) is 5.15. The van der Waals surface area contributed by atoms with Gasteiger partial charge in [-0.25, -0.2) is 5.43 Å². The highest BCUT2D eigenvalue weighted by atomic mass is 16.2. The van der Waals surface area contributed by atoms with Gasteiger partial charge in [0, 0.05) is 18.0 Å². The van der Waals surface area contributed by atoms with Crippen LogP contribution in [0.25, 0.3) is 0 Å². The molecule has 1 amide bonds. The molecule has 0 saturated heterocycles. The summed E-state index contributed by atoms with van der Waals surface area (Å²) < 4.78 is 0. The van der Waals surface area contributed by atoms with Gasteiger partial charge in [-0.3, -0.25) is 9.78 Å². The quantitative estimate of drug-likeness (QED) is 0.640. The van der Waals surface area contributed by atoms with Gasteiger partial charge in [-0.1, -0.05) is 30.3 Å². The third-order valence-electron chi connectivity index (χ3n) is 2.12. The van der Waals surface area contributed by atoms with Gasteiger partial charge >= 0.3 is 0 Å². The number of carbonyl (C=O) groups excluding carboxylic acids is 1. The van der Waals surface area contributed by atoms with Gasteiger partial charge in [0.05, 0.1) is 6.21 Å². The van der Waals surface area contributed by atoms with Crippen molar-refractivity contribution in [1.29, 1.82) is 0 Å². The molecule has 0 spiro atoms. The standard InChI is InChI=1S/C13H11N3O/c17-13(12-6-8-14-9-7-12)16-15-10-11-4-2-1-3-5-11/h1-10H,(H,16,17)/b15-10-. The number of aromatic nitrogens is 1. The zero-order valence-electron chi connectivity index (χ0n) is 9.08. The molecule has 17 heavy (non-hydrogen) atoms. The van der Waals surface area contributed by atoms with Gasteiger partial charge in [0.25, 0.3) is 5.91 Å². The van der Waals surface area contributed by atoms with Crippen molar-refractivity contribution in [2.75, 3.05) is 0 Å². The molecule has 0 unspecified atom stereocenters. The second-order valence-corrected chi connectivity index (χ2v) is 3.35. The molecule has 0 bridgehead atoms. The summed E-state index contributed by atoms with van der Waals surface area (Å²) in [5.74, 6) is -0.250. The normalized spacial score (nSPS) is 10.4. The number of pyridine rings is 1. The SMILES string of the molecule is O=C(N/N=C\c1ccccc1)c1ccncc1. The fraction of sp³-hybridized carbons (Fsp3) is 0. The average molecular weight is 225 g/mol. The van der Waals surface area contributed by atoms with E-state index in [-0.39, 0.29) is 5.91 Å². The van der Waals surface area contributed by atoms with Crippen LogP contribution in [0.5, 0.6) is 0 Å². The van der Waals surface area contributed by atoms with Crippen LogP contribution in [-0.2, 0) is 0 Å². The molecule has 2 aromatic rings. The van der Waals surface area contributed by atoms with Crippen LogP contribution in [0, 0.1) is 0 Å². The Labute approximate surface area is 99.0 Å². The summed E-state index contributed by atoms with van der Waals surface area (Å²) >= 11 is 0. The van der Waals surface area contributed by atoms with Gasteiger partial charge in [-0.15, -0.1) is 0 Å². The largest absolute Gasteiger partial charge is 0.271 e. The number of benzene rings is 1. The van der Waals surface area contributed by atoms with E-state index in [9.17, 15) is 4.79 Å². The number of hydrazone groups is 1. The lowest BCUT2D eigenvalue weighted by molar-refractivity contribution is 0.0955. The Bertz CT molecular complexity index is 509. The maximum absolute atomic E-state index is 11.6. The summed E-state index contributed by atoms with van der Waals surface area (Å²) in [6.07, 6.45) is 4.73. The summed E-state index contributed by atoms with van der Waals surface area (Å²) in [6.45, 7) is 0. The van der Waals surface area contributed by atoms with Gasteiger partial charge in [-0.05, 0) is 17.7 Å². The van der Waals surface area contributed by atoms with Gasteiger partial charge in [0.2, 0.25) is 0 Å². The van der Waals surface area contributed by atoms with Crippen molar-refractivity contribution in [3.05, 3.63) is 66.0 Å². The monoisotopic (exact) mass is 225 g/mol. The van der Waals surface area contributed by atoms with Crippen molar-refractivity contribution in [2.45, 2.75) is 0 Å². The van der Waals surface area contributed by atoms with Gasteiger partial charge in [-0.2, -0.15) is 5.10 Å². The fourth-order valence-electron chi connectivity index (χ4n) is 1.27. The highest BCUT2D eigenvalue weighted by Gasteiger charge is 2.01. The predicted molar refractivity (Wildman–Crippen MR) is 65.7 cm³/mol. The minimum Gasteiger partial charge on any atom is -0.267 e. The molecule has 0 atom stereocenters. The Hall–Kier alpha value is -2.49. The number of carbonyl (C=O) groups is 1. The first-order valence-electron chi connectivity index (χ1n) is 5.15. The van der Waals surface area contributed by atoms with E-state index in [2.05, 4.69) is 15.5 Å². The predicted octanol–water partition coefficient (Wildman–Crippen LogP) is 1.85. The van der Waals surface area contributed by atoms with E-state index in [1.165, 1.54) is 0 Å². The Morgan fingerprint density at radius 1 is 1.12 bits per heavy atom. The average Bonchev–Trinajstić information content (AvgIpc) is 2.41. The molecule has 0 aliphatic heterocycles. The molecule has 4 nitrogen and oxygen atoms in total. The smallest absolute Gasteiger partial charge is 0.267 e. The maximum Gasteiger partial charge on any atom is 0.271 e. The van der Waals surface area contributed by atoms with Crippen LogP contribution in [0.4, 0.5) is 0 Å². The van der Waals surface area contributed by atoms with Gasteiger partial charge in [0.15, 0.2) is 0 Å². The minimum atomic E-state index is -0.250. The van der Waals surface area contributed by atoms with E-state index < -0.39 is 0 Å². The highest BCUT2D eigenvalue weighted by Crippen LogP contribution is 1.96. The van der Waals surface area contributed by atoms with Gasteiger partial charge in [0.1, 0.15) is 0 Å². The zero-order valence-corrected chi connectivity index (χ0v) is 9.08. The zero-order chi connectivity index (χ0) is 11.9. The third kappa shape index (κ3) is 3.24. The molecule has 2 rings (SSSR count). The molecule has 1 N–H and O–H groups in total. The van der Waals surface area contributed by atoms with E-state index in [1.54, 1.807) is 30.7 Å². The number of nitrogens with zero attached hydrogens (tertiary/aromatic N) is 2. The molecular weight excluding hydrogens is 214 g/mol. The molecular formula is C13H11N3O. The summed E-state index contributed by atoms with van der Waals surface area (Å²) in [7, 11) is 0. The number of hydrogen-bond donors (Lipinski definition) is 1. The van der Waals surface area contributed by atoms with E-state index in [0.29, 0.717) is 5.56 Å². The highest BCUT2D eigenvalue weighted by molar-refractivity contribution is 5.94. The third-order valence-corrected chi connectivity index (χ3v) is 2.12. The van der Waals surface area contributed by atoms with E-state index >= 15 is 0 Å².